The van der Waals surface area contributed by atoms with Crippen molar-refractivity contribution in [3.63, 3.8) is 0 Å². The highest BCUT2D eigenvalue weighted by molar-refractivity contribution is 5.94. The van der Waals surface area contributed by atoms with Crippen LogP contribution in [-0.4, -0.2) is 26.3 Å². The van der Waals surface area contributed by atoms with Crippen LogP contribution in [0.3, 0.4) is 0 Å². The van der Waals surface area contributed by atoms with Crippen molar-refractivity contribution in [1.82, 2.24) is 0 Å². The lowest BCUT2D eigenvalue weighted by molar-refractivity contribution is -0.226. The first-order chi connectivity index (χ1) is 9.12. The van der Waals surface area contributed by atoms with Crippen LogP contribution in [0.4, 0.5) is 0 Å². The molecule has 2 bridgehead atoms. The summed E-state index contributed by atoms with van der Waals surface area (Å²) in [7, 11) is 3.25. The van der Waals surface area contributed by atoms with Crippen molar-refractivity contribution in [3.05, 3.63) is 34.9 Å². The summed E-state index contributed by atoms with van der Waals surface area (Å²) in [6.45, 7) is 1.58. The van der Waals surface area contributed by atoms with E-state index in [1.54, 1.807) is 21.1 Å². The van der Waals surface area contributed by atoms with Crippen molar-refractivity contribution >= 4 is 5.78 Å². The lowest BCUT2D eigenvalue weighted by Crippen LogP contribution is -2.40. The second-order valence-corrected chi connectivity index (χ2v) is 5.20. The smallest absolute Gasteiger partial charge is 0.190 e. The predicted octanol–water partition coefficient (Wildman–Crippen LogP) is 2.57. The molecule has 0 saturated carbocycles. The molecule has 0 aliphatic carbocycles. The van der Waals surface area contributed by atoms with E-state index in [1.165, 1.54) is 0 Å². The van der Waals surface area contributed by atoms with Crippen molar-refractivity contribution in [1.29, 1.82) is 0 Å². The molecule has 4 heteroatoms. The molecule has 2 heterocycles. The molecule has 2 aliphatic heterocycles. The Bertz CT molecular complexity index is 521. The Balaban J connectivity index is 2.08. The minimum Gasteiger partial charge on any atom is -0.357 e. The molecule has 1 aromatic carbocycles. The van der Waals surface area contributed by atoms with E-state index in [9.17, 15) is 4.79 Å². The number of benzene rings is 1. The van der Waals surface area contributed by atoms with Crippen LogP contribution in [0.15, 0.2) is 18.2 Å². The lowest BCUT2D eigenvalue weighted by atomic mass is 9.81. The number of Topliss-reactive ketones (excluding diaryl/α,β-unsaturated/α-hetero) is 1. The van der Waals surface area contributed by atoms with Gasteiger partial charge in [-0.1, -0.05) is 12.1 Å². The first kappa shape index (κ1) is 12.8. The largest absolute Gasteiger partial charge is 0.357 e. The van der Waals surface area contributed by atoms with Crippen LogP contribution in [0, 0.1) is 0 Å². The highest BCUT2D eigenvalue weighted by atomic mass is 16.7. The molecule has 102 valence electrons. The molecular formula is C15H18O4. The summed E-state index contributed by atoms with van der Waals surface area (Å²) in [5, 5.41) is 0. The standard InChI is InChI=1S/C15H18O4/c1-9(16)10-4-5-12-11(8-10)13-6-7-15(12,19-13)14(17-2)18-3/h4-5,8,13-14H,6-7H2,1-3H3. The number of carbonyl (C=O) groups excluding carboxylic acids is 1. The number of hydrogen-bond donors (Lipinski definition) is 0. The minimum atomic E-state index is -0.515. The average molecular weight is 262 g/mol. The Kier molecular flexibility index (Phi) is 2.96. The molecule has 1 fully saturated rings. The van der Waals surface area contributed by atoms with Crippen LogP contribution < -0.4 is 0 Å². The third-order valence-electron chi connectivity index (χ3n) is 4.20. The highest BCUT2D eigenvalue weighted by Gasteiger charge is 2.56. The molecule has 19 heavy (non-hydrogen) atoms. The fourth-order valence-electron chi connectivity index (χ4n) is 3.35. The van der Waals surface area contributed by atoms with Crippen LogP contribution in [-0.2, 0) is 19.8 Å². The van der Waals surface area contributed by atoms with E-state index in [0.29, 0.717) is 0 Å². The van der Waals surface area contributed by atoms with Gasteiger partial charge in [-0.25, -0.2) is 0 Å². The first-order valence-electron chi connectivity index (χ1n) is 6.51. The maximum absolute atomic E-state index is 11.5. The van der Waals surface area contributed by atoms with Gasteiger partial charge in [-0.05, 0) is 37.0 Å². The second-order valence-electron chi connectivity index (χ2n) is 5.20. The van der Waals surface area contributed by atoms with Gasteiger partial charge in [0, 0.05) is 19.8 Å². The monoisotopic (exact) mass is 262 g/mol. The van der Waals surface area contributed by atoms with Gasteiger partial charge in [0.1, 0.15) is 5.60 Å². The van der Waals surface area contributed by atoms with E-state index >= 15 is 0 Å². The molecule has 1 aromatic rings. The van der Waals surface area contributed by atoms with Gasteiger partial charge in [0.2, 0.25) is 0 Å². The zero-order valence-electron chi connectivity index (χ0n) is 11.4. The summed E-state index contributed by atoms with van der Waals surface area (Å²) in [5.41, 5.74) is 2.43. The number of ketones is 1. The van der Waals surface area contributed by atoms with E-state index in [4.69, 9.17) is 14.2 Å². The number of ether oxygens (including phenoxy) is 3. The van der Waals surface area contributed by atoms with Gasteiger partial charge < -0.3 is 14.2 Å². The molecule has 0 aromatic heterocycles. The summed E-state index contributed by atoms with van der Waals surface area (Å²) in [4.78, 5) is 11.5. The van der Waals surface area contributed by atoms with Crippen LogP contribution in [0.5, 0.6) is 0 Å². The zero-order valence-corrected chi connectivity index (χ0v) is 11.4. The molecule has 4 nitrogen and oxygen atoms in total. The summed E-state index contributed by atoms with van der Waals surface area (Å²) in [6.07, 6.45) is 1.47. The Hall–Kier alpha value is -1.23. The number of carbonyl (C=O) groups is 1. The summed E-state index contributed by atoms with van der Waals surface area (Å²) < 4.78 is 17.0. The Morgan fingerprint density at radius 3 is 2.79 bits per heavy atom. The molecule has 2 unspecified atom stereocenters. The van der Waals surface area contributed by atoms with Gasteiger partial charge in [0.05, 0.1) is 6.10 Å². The second kappa shape index (κ2) is 4.40. The lowest BCUT2D eigenvalue weighted by Gasteiger charge is -2.33. The fraction of sp³-hybridized carbons (Fsp3) is 0.533. The Morgan fingerprint density at radius 2 is 2.16 bits per heavy atom. The summed E-state index contributed by atoms with van der Waals surface area (Å²) in [6, 6.07) is 5.79. The molecule has 0 radical (unpaired) electrons. The van der Waals surface area contributed by atoms with Crippen molar-refractivity contribution < 1.29 is 19.0 Å². The van der Waals surface area contributed by atoms with Gasteiger partial charge in [-0.3, -0.25) is 4.79 Å². The van der Waals surface area contributed by atoms with Gasteiger partial charge in [0.15, 0.2) is 12.1 Å². The van der Waals surface area contributed by atoms with Gasteiger partial charge in [-0.2, -0.15) is 0 Å². The van der Waals surface area contributed by atoms with Crippen molar-refractivity contribution in [2.24, 2.45) is 0 Å². The van der Waals surface area contributed by atoms with Crippen molar-refractivity contribution in [2.45, 2.75) is 37.8 Å². The molecule has 0 spiro atoms. The van der Waals surface area contributed by atoms with E-state index in [-0.39, 0.29) is 11.9 Å². The topological polar surface area (TPSA) is 44.8 Å². The maximum atomic E-state index is 11.5. The maximum Gasteiger partial charge on any atom is 0.190 e. The third kappa shape index (κ3) is 1.67. The summed E-state index contributed by atoms with van der Waals surface area (Å²) >= 11 is 0. The number of rotatable bonds is 4. The van der Waals surface area contributed by atoms with Gasteiger partial charge in [-0.15, -0.1) is 0 Å². The predicted molar refractivity (Wildman–Crippen MR) is 69.0 cm³/mol. The SMILES string of the molecule is COC(OC)C12CCC(O1)c1cc(C(C)=O)ccc12. The molecule has 1 saturated heterocycles. The van der Waals surface area contributed by atoms with Crippen molar-refractivity contribution in [2.75, 3.05) is 14.2 Å². The molecule has 2 atom stereocenters. The quantitative estimate of drug-likeness (QED) is 0.618. The molecule has 0 N–H and O–H groups in total. The average Bonchev–Trinajstić information content (AvgIpc) is 2.97. The van der Waals surface area contributed by atoms with Crippen LogP contribution >= 0.6 is 0 Å². The number of hydrogen-bond acceptors (Lipinski definition) is 4. The molecule has 0 amide bonds. The van der Waals surface area contributed by atoms with Gasteiger partial charge in [0.25, 0.3) is 0 Å². The molecular weight excluding hydrogens is 244 g/mol. The third-order valence-corrected chi connectivity index (χ3v) is 4.20. The highest BCUT2D eigenvalue weighted by Crippen LogP contribution is 2.57. The number of methoxy groups -OCH3 is 2. The van der Waals surface area contributed by atoms with Crippen molar-refractivity contribution in [3.8, 4) is 0 Å². The Morgan fingerprint density at radius 1 is 1.42 bits per heavy atom. The normalized spacial score (nSPS) is 27.9. The van der Waals surface area contributed by atoms with E-state index < -0.39 is 11.9 Å². The fourth-order valence-corrected chi connectivity index (χ4v) is 3.35. The van der Waals surface area contributed by atoms with E-state index in [1.807, 2.05) is 18.2 Å². The van der Waals surface area contributed by atoms with Gasteiger partial charge >= 0.3 is 0 Å². The van der Waals surface area contributed by atoms with Crippen LogP contribution in [0.25, 0.3) is 0 Å². The molecule has 3 rings (SSSR count). The first-order valence-corrected chi connectivity index (χ1v) is 6.51. The number of fused-ring (bicyclic) bond motifs is 5. The van der Waals surface area contributed by atoms with E-state index in [2.05, 4.69) is 0 Å². The zero-order chi connectivity index (χ0) is 13.6. The van der Waals surface area contributed by atoms with Crippen LogP contribution in [0.2, 0.25) is 0 Å². The Labute approximate surface area is 112 Å². The summed E-state index contributed by atoms with van der Waals surface area (Å²) in [5.74, 6) is 0.0784. The molecule has 2 aliphatic rings. The minimum absolute atomic E-state index is 0.0575. The van der Waals surface area contributed by atoms with Crippen LogP contribution in [0.1, 0.15) is 47.4 Å². The van der Waals surface area contributed by atoms with E-state index in [0.717, 1.165) is 29.5 Å².